The lowest BCUT2D eigenvalue weighted by Gasteiger charge is -2.15. The molecule has 0 bridgehead atoms. The number of methoxy groups -OCH3 is 1. The summed E-state index contributed by atoms with van der Waals surface area (Å²) in [7, 11) is 1.68. The minimum Gasteiger partial charge on any atom is -0.496 e. The van der Waals surface area contributed by atoms with Crippen LogP contribution in [0.5, 0.6) is 5.75 Å². The summed E-state index contributed by atoms with van der Waals surface area (Å²) in [5.41, 5.74) is 2.34. The minimum absolute atomic E-state index is 0.0262. The highest BCUT2D eigenvalue weighted by Gasteiger charge is 2.26. The van der Waals surface area contributed by atoms with Crippen LogP contribution in [-0.4, -0.2) is 27.8 Å². The molecule has 2 aromatic rings. The Balaban J connectivity index is 1.72. The molecule has 0 spiro atoms. The second kappa shape index (κ2) is 7.17. The fourth-order valence-corrected chi connectivity index (χ4v) is 3.49. The van der Waals surface area contributed by atoms with Crippen LogP contribution in [0.3, 0.4) is 0 Å². The van der Waals surface area contributed by atoms with Gasteiger partial charge in [-0.3, -0.25) is 14.5 Å². The van der Waals surface area contributed by atoms with E-state index in [1.165, 1.54) is 5.56 Å². The predicted molar refractivity (Wildman–Crippen MR) is 93.6 cm³/mol. The van der Waals surface area contributed by atoms with Crippen LogP contribution >= 0.6 is 12.2 Å². The Bertz CT molecular complexity index is 796. The molecule has 0 saturated carbocycles. The number of hydrogen-bond acceptors (Lipinski definition) is 4. The number of carbonyl (C=O) groups is 1. The van der Waals surface area contributed by atoms with E-state index in [0.717, 1.165) is 42.8 Å². The van der Waals surface area contributed by atoms with Crippen molar-refractivity contribution in [3.63, 3.8) is 0 Å². The summed E-state index contributed by atoms with van der Waals surface area (Å²) in [6.45, 7) is 2.27. The Labute approximate surface area is 146 Å². The first-order valence-electron chi connectivity index (χ1n) is 8.23. The molecule has 1 aromatic heterocycles. The molecule has 1 amide bonds. The Kier molecular flexibility index (Phi) is 4.99. The van der Waals surface area contributed by atoms with Crippen molar-refractivity contribution in [2.24, 2.45) is 0 Å². The maximum absolute atomic E-state index is 12.5. The third-order valence-electron chi connectivity index (χ3n) is 4.40. The van der Waals surface area contributed by atoms with Crippen molar-refractivity contribution in [1.29, 1.82) is 0 Å². The van der Waals surface area contributed by atoms with Gasteiger partial charge in [0.2, 0.25) is 5.91 Å². The number of carbonyl (C=O) groups excluding carboxylic acids is 1. The minimum atomic E-state index is -0.0504. The van der Waals surface area contributed by atoms with Gasteiger partial charge in [0.1, 0.15) is 18.1 Å². The zero-order chi connectivity index (χ0) is 17.1. The number of hydrogen-bond donors (Lipinski definition) is 2. The van der Waals surface area contributed by atoms with Gasteiger partial charge in [-0.1, -0.05) is 19.1 Å². The lowest BCUT2D eigenvalue weighted by Crippen LogP contribution is -2.31. The number of amides is 1. The van der Waals surface area contributed by atoms with E-state index in [9.17, 15) is 4.79 Å². The van der Waals surface area contributed by atoms with Crippen LogP contribution in [0.4, 0.5) is 0 Å². The number of nitrogens with one attached hydrogen (secondary N) is 2. The highest BCUT2D eigenvalue weighted by Crippen LogP contribution is 2.36. The van der Waals surface area contributed by atoms with Crippen LogP contribution in [0.1, 0.15) is 42.8 Å². The van der Waals surface area contributed by atoms with Crippen LogP contribution < -0.4 is 10.1 Å². The monoisotopic (exact) mass is 346 g/mol. The van der Waals surface area contributed by atoms with Crippen LogP contribution in [-0.2, 0) is 24.2 Å². The molecule has 0 radical (unpaired) electrons. The summed E-state index contributed by atoms with van der Waals surface area (Å²) >= 11 is 5.23. The number of rotatable bonds is 6. The number of aryl methyl sites for hydroxylation is 1. The molecule has 1 aromatic carbocycles. The standard InChI is InChI=1S/C17H22N4O2S/c1-3-5-15-19-20-17(24)21(15)10-16(22)18-13-9-8-12-11(13)6-4-7-14(12)23-2/h4,6-7,13H,3,5,8-10H2,1-2H3,(H,18,22)(H,20,24)/t13-/m0/s1. The van der Waals surface area contributed by atoms with E-state index in [2.05, 4.69) is 28.5 Å². The SMILES string of the molecule is CCCc1n[nH]c(=S)n1CC(=O)N[C@H]1CCc2c(OC)cccc21. The highest BCUT2D eigenvalue weighted by molar-refractivity contribution is 7.71. The average molecular weight is 346 g/mol. The molecule has 128 valence electrons. The molecule has 1 aliphatic rings. The lowest BCUT2D eigenvalue weighted by atomic mass is 10.1. The summed E-state index contributed by atoms with van der Waals surface area (Å²) in [5, 5.41) is 10.1. The highest BCUT2D eigenvalue weighted by atomic mass is 32.1. The number of aromatic nitrogens is 3. The molecule has 3 rings (SSSR count). The number of benzene rings is 1. The molecule has 0 saturated heterocycles. The maximum atomic E-state index is 12.5. The molecule has 1 atom stereocenters. The van der Waals surface area contributed by atoms with Gasteiger partial charge in [-0.15, -0.1) is 0 Å². The first kappa shape index (κ1) is 16.7. The summed E-state index contributed by atoms with van der Waals surface area (Å²) in [4.78, 5) is 12.5. The van der Waals surface area contributed by atoms with Gasteiger partial charge in [-0.05, 0) is 48.7 Å². The molecule has 0 unspecified atom stereocenters. The van der Waals surface area contributed by atoms with Crippen LogP contribution in [0.25, 0.3) is 0 Å². The van der Waals surface area contributed by atoms with Crippen molar-refractivity contribution in [3.8, 4) is 5.75 Å². The fraction of sp³-hybridized carbons (Fsp3) is 0.471. The van der Waals surface area contributed by atoms with E-state index in [-0.39, 0.29) is 18.5 Å². The normalized spacial score (nSPS) is 16.0. The molecule has 0 aliphatic heterocycles. The summed E-state index contributed by atoms with van der Waals surface area (Å²) < 4.78 is 7.67. The molecular formula is C17H22N4O2S. The number of aromatic amines is 1. The van der Waals surface area contributed by atoms with Crippen LogP contribution in [0.15, 0.2) is 18.2 Å². The molecule has 7 heteroatoms. The van der Waals surface area contributed by atoms with Crippen molar-refractivity contribution in [3.05, 3.63) is 39.9 Å². The van der Waals surface area contributed by atoms with Gasteiger partial charge in [0.25, 0.3) is 0 Å². The van der Waals surface area contributed by atoms with E-state index in [4.69, 9.17) is 17.0 Å². The Morgan fingerprint density at radius 3 is 3.12 bits per heavy atom. The smallest absolute Gasteiger partial charge is 0.240 e. The largest absolute Gasteiger partial charge is 0.496 e. The zero-order valence-electron chi connectivity index (χ0n) is 14.0. The van der Waals surface area contributed by atoms with Crippen molar-refractivity contribution in [1.82, 2.24) is 20.1 Å². The van der Waals surface area contributed by atoms with Gasteiger partial charge in [-0.2, -0.15) is 5.10 Å². The zero-order valence-corrected chi connectivity index (χ0v) is 14.8. The average Bonchev–Trinajstić information content (AvgIpc) is 3.13. The second-order valence-electron chi connectivity index (χ2n) is 5.97. The summed E-state index contributed by atoms with van der Waals surface area (Å²) in [6, 6.07) is 6.01. The Morgan fingerprint density at radius 1 is 1.54 bits per heavy atom. The maximum Gasteiger partial charge on any atom is 0.240 e. The molecule has 1 heterocycles. The number of ether oxygens (including phenoxy) is 1. The van der Waals surface area contributed by atoms with Gasteiger partial charge >= 0.3 is 0 Å². The molecule has 1 aliphatic carbocycles. The number of nitrogens with zero attached hydrogens (tertiary/aromatic N) is 2. The molecular weight excluding hydrogens is 324 g/mol. The van der Waals surface area contributed by atoms with Gasteiger partial charge in [0, 0.05) is 6.42 Å². The van der Waals surface area contributed by atoms with Crippen molar-refractivity contribution in [2.45, 2.75) is 45.2 Å². The second-order valence-corrected chi connectivity index (χ2v) is 6.35. The summed E-state index contributed by atoms with van der Waals surface area (Å²) in [6.07, 6.45) is 3.55. The van der Waals surface area contributed by atoms with Gasteiger partial charge in [-0.25, -0.2) is 0 Å². The van der Waals surface area contributed by atoms with Crippen molar-refractivity contribution in [2.75, 3.05) is 7.11 Å². The van der Waals surface area contributed by atoms with Crippen molar-refractivity contribution >= 4 is 18.1 Å². The Hall–Kier alpha value is -2.15. The van der Waals surface area contributed by atoms with E-state index in [1.807, 2.05) is 12.1 Å². The molecule has 2 N–H and O–H groups in total. The predicted octanol–water partition coefficient (Wildman–Crippen LogP) is 2.71. The molecule has 24 heavy (non-hydrogen) atoms. The third kappa shape index (κ3) is 3.21. The van der Waals surface area contributed by atoms with Gasteiger partial charge in [0.05, 0.1) is 13.2 Å². The molecule has 6 nitrogen and oxygen atoms in total. The number of H-pyrrole nitrogens is 1. The van der Waals surface area contributed by atoms with Gasteiger partial charge in [0.15, 0.2) is 4.77 Å². The topological polar surface area (TPSA) is 71.9 Å². The molecule has 0 fully saturated rings. The van der Waals surface area contributed by atoms with E-state index in [1.54, 1.807) is 11.7 Å². The van der Waals surface area contributed by atoms with Crippen LogP contribution in [0.2, 0.25) is 0 Å². The van der Waals surface area contributed by atoms with Crippen molar-refractivity contribution < 1.29 is 9.53 Å². The van der Waals surface area contributed by atoms with E-state index >= 15 is 0 Å². The lowest BCUT2D eigenvalue weighted by molar-refractivity contribution is -0.122. The fourth-order valence-electron chi connectivity index (χ4n) is 3.27. The number of fused-ring (bicyclic) bond motifs is 1. The first-order chi connectivity index (χ1) is 11.6. The van der Waals surface area contributed by atoms with Gasteiger partial charge < -0.3 is 10.1 Å². The van der Waals surface area contributed by atoms with E-state index in [0.29, 0.717) is 4.77 Å². The Morgan fingerprint density at radius 2 is 2.38 bits per heavy atom. The third-order valence-corrected chi connectivity index (χ3v) is 4.71. The van der Waals surface area contributed by atoms with E-state index < -0.39 is 0 Å². The van der Waals surface area contributed by atoms with Crippen LogP contribution in [0, 0.1) is 4.77 Å². The quantitative estimate of drug-likeness (QED) is 0.789. The summed E-state index contributed by atoms with van der Waals surface area (Å²) in [5.74, 6) is 1.67. The first-order valence-corrected chi connectivity index (χ1v) is 8.64.